The quantitative estimate of drug-likeness (QED) is 0.715. The van der Waals surface area contributed by atoms with Crippen LogP contribution in [-0.4, -0.2) is 14.5 Å². The average Bonchev–Trinajstić information content (AvgIpc) is 2.77. The van der Waals surface area contributed by atoms with Crippen LogP contribution in [-0.2, 0) is 6.54 Å². The van der Waals surface area contributed by atoms with E-state index in [-0.39, 0.29) is 0 Å². The lowest BCUT2D eigenvalue weighted by molar-refractivity contribution is 0.704. The van der Waals surface area contributed by atoms with Gasteiger partial charge in [-0.25, -0.2) is 4.98 Å². The van der Waals surface area contributed by atoms with Crippen LogP contribution in [0.4, 0.5) is 11.4 Å². The van der Waals surface area contributed by atoms with E-state index in [2.05, 4.69) is 21.5 Å². The zero-order chi connectivity index (χ0) is 14.1. The molecule has 0 aliphatic heterocycles. The number of nitrogens with zero attached hydrogens (tertiary/aromatic N) is 3. The second-order valence-electron chi connectivity index (χ2n) is 4.84. The number of imidazole rings is 1. The third-order valence-corrected chi connectivity index (χ3v) is 3.23. The molecule has 5 nitrogen and oxygen atoms in total. The van der Waals surface area contributed by atoms with Gasteiger partial charge in [-0.1, -0.05) is 6.92 Å². The first-order valence-electron chi connectivity index (χ1n) is 6.65. The summed E-state index contributed by atoms with van der Waals surface area (Å²) in [5.74, 6) is 0.883. The second kappa shape index (κ2) is 4.85. The fourth-order valence-electron chi connectivity index (χ4n) is 2.46. The lowest BCUT2D eigenvalue weighted by Crippen LogP contribution is -2.01. The summed E-state index contributed by atoms with van der Waals surface area (Å²) in [5, 5.41) is 0. The smallest absolute Gasteiger partial charge is 0.141 e. The predicted molar refractivity (Wildman–Crippen MR) is 82.1 cm³/mol. The van der Waals surface area contributed by atoms with E-state index in [9.17, 15) is 0 Å². The van der Waals surface area contributed by atoms with E-state index in [1.54, 1.807) is 18.5 Å². The molecule has 102 valence electrons. The Bertz CT molecular complexity index is 740. The molecule has 5 heteroatoms. The normalized spacial score (nSPS) is 11.1. The molecule has 1 aromatic carbocycles. The fourth-order valence-corrected chi connectivity index (χ4v) is 2.46. The van der Waals surface area contributed by atoms with Gasteiger partial charge in [-0.3, -0.25) is 4.98 Å². The monoisotopic (exact) mass is 267 g/mol. The number of hydrogen-bond donors (Lipinski definition) is 2. The highest BCUT2D eigenvalue weighted by atomic mass is 15.1. The maximum atomic E-state index is 5.89. The molecule has 3 aromatic rings. The Morgan fingerprint density at radius 3 is 2.60 bits per heavy atom. The number of hydrogen-bond acceptors (Lipinski definition) is 4. The molecule has 2 heterocycles. The van der Waals surface area contributed by atoms with Gasteiger partial charge in [0, 0.05) is 29.7 Å². The number of rotatable bonds is 3. The van der Waals surface area contributed by atoms with Crippen LogP contribution in [0.1, 0.15) is 13.3 Å². The molecule has 0 saturated heterocycles. The van der Waals surface area contributed by atoms with Gasteiger partial charge in [0.2, 0.25) is 0 Å². The first kappa shape index (κ1) is 12.5. The number of pyridine rings is 1. The van der Waals surface area contributed by atoms with Crippen molar-refractivity contribution in [3.8, 4) is 11.4 Å². The third kappa shape index (κ3) is 2.07. The van der Waals surface area contributed by atoms with Crippen LogP contribution in [0.5, 0.6) is 0 Å². The predicted octanol–water partition coefficient (Wildman–Crippen LogP) is 2.67. The Kier molecular flexibility index (Phi) is 3.02. The molecule has 0 fully saturated rings. The molecule has 0 atom stereocenters. The van der Waals surface area contributed by atoms with Crippen molar-refractivity contribution in [2.24, 2.45) is 0 Å². The van der Waals surface area contributed by atoms with Crippen LogP contribution < -0.4 is 11.5 Å². The summed E-state index contributed by atoms with van der Waals surface area (Å²) in [6.45, 7) is 3.04. The summed E-state index contributed by atoms with van der Waals surface area (Å²) in [5.41, 5.74) is 16.0. The molecular formula is C15H17N5. The number of nitrogens with two attached hydrogens (primary N) is 2. The first-order chi connectivity index (χ1) is 9.69. The van der Waals surface area contributed by atoms with Crippen molar-refractivity contribution in [3.05, 3.63) is 36.7 Å². The fraction of sp³-hybridized carbons (Fsp3) is 0.200. The Labute approximate surface area is 117 Å². The van der Waals surface area contributed by atoms with Crippen LogP contribution in [0.15, 0.2) is 36.7 Å². The number of nitrogen functional groups attached to an aromatic ring is 2. The van der Waals surface area contributed by atoms with E-state index < -0.39 is 0 Å². The topological polar surface area (TPSA) is 82.8 Å². The van der Waals surface area contributed by atoms with Gasteiger partial charge < -0.3 is 16.0 Å². The SMILES string of the molecule is CCCn1c(-c2cc(N)cc(N)c2)nc2cnccc21. The van der Waals surface area contributed by atoms with Crippen LogP contribution in [0, 0.1) is 0 Å². The Morgan fingerprint density at radius 1 is 1.15 bits per heavy atom. The van der Waals surface area contributed by atoms with E-state index in [0.29, 0.717) is 11.4 Å². The van der Waals surface area contributed by atoms with Crippen LogP contribution in [0.3, 0.4) is 0 Å². The van der Waals surface area contributed by atoms with E-state index >= 15 is 0 Å². The highest BCUT2D eigenvalue weighted by molar-refractivity contribution is 5.81. The summed E-state index contributed by atoms with van der Waals surface area (Å²) in [6, 6.07) is 7.53. The minimum atomic E-state index is 0.647. The lowest BCUT2D eigenvalue weighted by Gasteiger charge is -2.09. The van der Waals surface area contributed by atoms with Crippen LogP contribution in [0.2, 0.25) is 0 Å². The number of aromatic nitrogens is 3. The summed E-state index contributed by atoms with van der Waals surface area (Å²) in [4.78, 5) is 8.80. The Balaban J connectivity index is 2.26. The van der Waals surface area contributed by atoms with E-state index in [4.69, 9.17) is 11.5 Å². The lowest BCUT2D eigenvalue weighted by atomic mass is 10.1. The molecule has 0 bridgehead atoms. The van der Waals surface area contributed by atoms with Gasteiger partial charge in [-0.2, -0.15) is 0 Å². The number of benzene rings is 1. The van der Waals surface area contributed by atoms with Crippen molar-refractivity contribution in [1.82, 2.24) is 14.5 Å². The third-order valence-electron chi connectivity index (χ3n) is 3.23. The van der Waals surface area contributed by atoms with Crippen molar-refractivity contribution in [1.29, 1.82) is 0 Å². The second-order valence-corrected chi connectivity index (χ2v) is 4.84. The summed E-state index contributed by atoms with van der Waals surface area (Å²) in [7, 11) is 0. The molecule has 0 aliphatic rings. The van der Waals surface area contributed by atoms with Gasteiger partial charge in [0.05, 0.1) is 11.7 Å². The van der Waals surface area contributed by atoms with Gasteiger partial charge in [0.25, 0.3) is 0 Å². The Hall–Kier alpha value is -2.56. The zero-order valence-corrected chi connectivity index (χ0v) is 11.4. The van der Waals surface area contributed by atoms with Gasteiger partial charge in [0.15, 0.2) is 0 Å². The van der Waals surface area contributed by atoms with Crippen LogP contribution >= 0.6 is 0 Å². The van der Waals surface area contributed by atoms with E-state index in [0.717, 1.165) is 35.4 Å². The van der Waals surface area contributed by atoms with Gasteiger partial charge >= 0.3 is 0 Å². The first-order valence-corrected chi connectivity index (χ1v) is 6.65. The zero-order valence-electron chi connectivity index (χ0n) is 11.4. The molecule has 0 aliphatic carbocycles. The molecule has 0 amide bonds. The molecule has 20 heavy (non-hydrogen) atoms. The molecule has 0 radical (unpaired) electrons. The molecule has 0 saturated carbocycles. The standard InChI is InChI=1S/C15H17N5/c1-2-5-20-14-3-4-18-9-13(14)19-15(20)10-6-11(16)8-12(17)7-10/h3-4,6-9H,2,5,16-17H2,1H3. The van der Waals surface area contributed by atoms with Crippen molar-refractivity contribution in [3.63, 3.8) is 0 Å². The number of fused-ring (bicyclic) bond motifs is 1. The van der Waals surface area contributed by atoms with Crippen molar-refractivity contribution < 1.29 is 0 Å². The van der Waals surface area contributed by atoms with Gasteiger partial charge in [-0.15, -0.1) is 0 Å². The summed E-state index contributed by atoms with van der Waals surface area (Å²) < 4.78 is 2.19. The number of aryl methyl sites for hydroxylation is 1. The maximum absolute atomic E-state index is 5.89. The highest BCUT2D eigenvalue weighted by Gasteiger charge is 2.12. The largest absolute Gasteiger partial charge is 0.399 e. The minimum Gasteiger partial charge on any atom is -0.399 e. The summed E-state index contributed by atoms with van der Waals surface area (Å²) >= 11 is 0. The van der Waals surface area contributed by atoms with Crippen molar-refractivity contribution in [2.45, 2.75) is 19.9 Å². The van der Waals surface area contributed by atoms with Crippen molar-refractivity contribution in [2.75, 3.05) is 11.5 Å². The molecule has 0 unspecified atom stereocenters. The molecule has 4 N–H and O–H groups in total. The van der Waals surface area contributed by atoms with Gasteiger partial charge in [0.1, 0.15) is 11.3 Å². The molecule has 3 rings (SSSR count). The average molecular weight is 267 g/mol. The number of anilines is 2. The van der Waals surface area contributed by atoms with Crippen molar-refractivity contribution >= 4 is 22.4 Å². The van der Waals surface area contributed by atoms with Gasteiger partial charge in [-0.05, 0) is 30.7 Å². The summed E-state index contributed by atoms with van der Waals surface area (Å²) in [6.07, 6.45) is 4.59. The molecule has 0 spiro atoms. The minimum absolute atomic E-state index is 0.647. The highest BCUT2D eigenvalue weighted by Crippen LogP contribution is 2.27. The van der Waals surface area contributed by atoms with E-state index in [1.807, 2.05) is 18.2 Å². The van der Waals surface area contributed by atoms with E-state index in [1.165, 1.54) is 0 Å². The van der Waals surface area contributed by atoms with Crippen LogP contribution in [0.25, 0.3) is 22.4 Å². The maximum Gasteiger partial charge on any atom is 0.141 e. The molecular weight excluding hydrogens is 250 g/mol. The Morgan fingerprint density at radius 2 is 1.90 bits per heavy atom. The molecule has 2 aromatic heterocycles.